The summed E-state index contributed by atoms with van der Waals surface area (Å²) in [4.78, 5) is 17.0. The van der Waals surface area contributed by atoms with Crippen molar-refractivity contribution in [2.24, 2.45) is 0 Å². The lowest BCUT2D eigenvalue weighted by atomic mass is 10.1. The van der Waals surface area contributed by atoms with Crippen molar-refractivity contribution in [2.75, 3.05) is 25.9 Å². The Hall–Kier alpha value is -2.69. The van der Waals surface area contributed by atoms with E-state index in [-0.39, 0.29) is 17.3 Å². The van der Waals surface area contributed by atoms with Gasteiger partial charge in [0, 0.05) is 24.9 Å². The highest BCUT2D eigenvalue weighted by Gasteiger charge is 2.26. The third kappa shape index (κ3) is 5.76. The van der Waals surface area contributed by atoms with Gasteiger partial charge in [-0.25, -0.2) is 13.4 Å². The number of carbonyl (C=O) groups is 1. The van der Waals surface area contributed by atoms with Gasteiger partial charge in [-0.3, -0.25) is 9.89 Å². The van der Waals surface area contributed by atoms with Gasteiger partial charge in [-0.2, -0.15) is 4.31 Å². The zero-order chi connectivity index (χ0) is 23.3. The van der Waals surface area contributed by atoms with E-state index in [1.807, 2.05) is 49.4 Å². The van der Waals surface area contributed by atoms with Crippen molar-refractivity contribution >= 4 is 27.7 Å². The number of nitrogens with one attached hydrogen (secondary N) is 2. The van der Waals surface area contributed by atoms with Gasteiger partial charge in [-0.1, -0.05) is 59.8 Å². The summed E-state index contributed by atoms with van der Waals surface area (Å²) in [5.74, 6) is 0.884. The van der Waals surface area contributed by atoms with E-state index in [4.69, 9.17) is 0 Å². The van der Waals surface area contributed by atoms with E-state index in [9.17, 15) is 13.2 Å². The molecule has 10 heteroatoms. The van der Waals surface area contributed by atoms with E-state index in [1.165, 1.54) is 18.8 Å². The molecule has 3 aromatic rings. The molecule has 170 valence electrons. The Morgan fingerprint density at radius 2 is 1.78 bits per heavy atom. The van der Waals surface area contributed by atoms with Gasteiger partial charge in [0.25, 0.3) is 0 Å². The summed E-state index contributed by atoms with van der Waals surface area (Å²) >= 11 is 1.40. The molecule has 32 heavy (non-hydrogen) atoms. The van der Waals surface area contributed by atoms with Crippen LogP contribution in [-0.4, -0.2) is 59.7 Å². The molecule has 1 amide bonds. The lowest BCUT2D eigenvalue weighted by molar-refractivity contribution is -0.121. The summed E-state index contributed by atoms with van der Waals surface area (Å²) in [6.07, 6.45) is 0. The fourth-order valence-electron chi connectivity index (χ4n) is 3.44. The number of H-pyrrole nitrogens is 1. The van der Waals surface area contributed by atoms with Crippen molar-refractivity contribution in [3.8, 4) is 11.4 Å². The minimum atomic E-state index is -3.77. The maximum atomic E-state index is 13.0. The number of hydrogen-bond donors (Lipinski definition) is 2. The Kier molecular flexibility index (Phi) is 7.70. The van der Waals surface area contributed by atoms with Gasteiger partial charge in [-0.05, 0) is 31.9 Å². The molecule has 0 saturated heterocycles. The number of rotatable bonds is 9. The number of aromatic nitrogens is 3. The van der Waals surface area contributed by atoms with Crippen molar-refractivity contribution < 1.29 is 13.2 Å². The minimum Gasteiger partial charge on any atom is -0.354 e. The molecule has 1 heterocycles. The predicted octanol–water partition coefficient (Wildman–Crippen LogP) is 2.93. The summed E-state index contributed by atoms with van der Waals surface area (Å²) < 4.78 is 27.0. The van der Waals surface area contributed by atoms with Gasteiger partial charge in [0.05, 0.1) is 11.4 Å². The highest BCUT2D eigenvalue weighted by Crippen LogP contribution is 2.24. The van der Waals surface area contributed by atoms with Crippen molar-refractivity contribution in [3.63, 3.8) is 0 Å². The molecule has 0 radical (unpaired) electrons. The van der Waals surface area contributed by atoms with Gasteiger partial charge in [0.15, 0.2) is 5.82 Å². The number of likely N-dealkylation sites (N-methyl/N-ethyl adjacent to an activating group) is 1. The Bertz CT molecular complexity index is 1170. The van der Waals surface area contributed by atoms with E-state index in [2.05, 4.69) is 20.5 Å². The van der Waals surface area contributed by atoms with Crippen molar-refractivity contribution in [2.45, 2.75) is 30.8 Å². The number of hydrogen-bond acceptors (Lipinski definition) is 6. The summed E-state index contributed by atoms with van der Waals surface area (Å²) in [5, 5.41) is 10.4. The molecule has 3 rings (SSSR count). The quantitative estimate of drug-likeness (QED) is 0.365. The van der Waals surface area contributed by atoms with E-state index < -0.39 is 10.0 Å². The van der Waals surface area contributed by atoms with Crippen molar-refractivity contribution in [3.05, 3.63) is 59.2 Å². The molecule has 0 aliphatic carbocycles. The second kappa shape index (κ2) is 10.3. The van der Waals surface area contributed by atoms with Gasteiger partial charge in [0.2, 0.25) is 21.1 Å². The van der Waals surface area contributed by atoms with Crippen LogP contribution in [0.4, 0.5) is 0 Å². The lowest BCUT2D eigenvalue weighted by Crippen LogP contribution is -2.39. The first-order valence-electron chi connectivity index (χ1n) is 10.1. The largest absolute Gasteiger partial charge is 0.354 e. The molecule has 0 saturated carbocycles. The van der Waals surface area contributed by atoms with Gasteiger partial charge in [-0.15, -0.1) is 5.10 Å². The molecule has 2 N–H and O–H groups in total. The van der Waals surface area contributed by atoms with Crippen LogP contribution in [0.25, 0.3) is 11.4 Å². The van der Waals surface area contributed by atoms with E-state index >= 15 is 0 Å². The maximum Gasteiger partial charge on any atom is 0.243 e. The zero-order valence-electron chi connectivity index (χ0n) is 18.5. The van der Waals surface area contributed by atoms with Crippen molar-refractivity contribution in [1.29, 1.82) is 0 Å². The molecular weight excluding hydrogens is 446 g/mol. The second-order valence-electron chi connectivity index (χ2n) is 7.52. The Morgan fingerprint density at radius 3 is 2.44 bits per heavy atom. The number of amides is 1. The van der Waals surface area contributed by atoms with Gasteiger partial charge >= 0.3 is 0 Å². The Morgan fingerprint density at radius 1 is 1.12 bits per heavy atom. The number of sulfonamides is 1. The summed E-state index contributed by atoms with van der Waals surface area (Å²) in [7, 11) is -2.35. The first-order chi connectivity index (χ1) is 15.2. The SMILES string of the molecule is Cc1cc(C)c(S(=O)(=O)N(C)CC(=O)NCCSc2n[nH]c(-c3ccccc3)n2)c(C)c1. The number of nitrogens with zero attached hydrogens (tertiary/aromatic N) is 3. The van der Waals surface area contributed by atoms with Gasteiger partial charge < -0.3 is 5.32 Å². The highest BCUT2D eigenvalue weighted by atomic mass is 32.2. The molecule has 1 aromatic heterocycles. The van der Waals surface area contributed by atoms with E-state index in [1.54, 1.807) is 13.8 Å². The van der Waals surface area contributed by atoms with Crippen LogP contribution >= 0.6 is 11.8 Å². The number of aromatic amines is 1. The molecular formula is C22H27N5O3S2. The predicted molar refractivity (Wildman–Crippen MR) is 126 cm³/mol. The zero-order valence-corrected chi connectivity index (χ0v) is 20.2. The van der Waals surface area contributed by atoms with Crippen LogP contribution in [-0.2, 0) is 14.8 Å². The standard InChI is InChI=1S/C22H27N5O3S2/c1-15-12-16(2)20(17(3)13-15)32(29,30)27(4)14-19(28)23-10-11-31-22-24-21(25-26-22)18-8-6-5-7-9-18/h5-9,12-13H,10-11,14H2,1-4H3,(H,23,28)(H,24,25,26). The molecule has 0 aliphatic heterocycles. The third-order valence-corrected chi connectivity index (χ3v) is 7.77. The highest BCUT2D eigenvalue weighted by molar-refractivity contribution is 7.99. The first kappa shape index (κ1) is 24.0. The van der Waals surface area contributed by atoms with Crippen LogP contribution in [0.2, 0.25) is 0 Å². The molecule has 8 nitrogen and oxygen atoms in total. The number of carbonyl (C=O) groups excluding carboxylic acids is 1. The van der Waals surface area contributed by atoms with E-state index in [0.717, 1.165) is 15.4 Å². The third-order valence-electron chi connectivity index (χ3n) is 4.81. The summed E-state index contributed by atoms with van der Waals surface area (Å²) in [6, 6.07) is 13.3. The molecule has 0 fully saturated rings. The van der Waals surface area contributed by atoms with Crippen LogP contribution in [0.1, 0.15) is 16.7 Å². The Labute approximate surface area is 192 Å². The monoisotopic (exact) mass is 473 g/mol. The second-order valence-corrected chi connectivity index (χ2v) is 10.6. The van der Waals surface area contributed by atoms with Crippen LogP contribution in [0.3, 0.4) is 0 Å². The fourth-order valence-corrected chi connectivity index (χ4v) is 5.62. The fraction of sp³-hybridized carbons (Fsp3) is 0.318. The molecule has 0 bridgehead atoms. The van der Waals surface area contributed by atoms with Gasteiger partial charge in [0.1, 0.15) is 0 Å². The normalized spacial score (nSPS) is 11.7. The molecule has 0 unspecified atom stereocenters. The van der Waals surface area contributed by atoms with Crippen LogP contribution in [0.5, 0.6) is 0 Å². The molecule has 2 aromatic carbocycles. The Balaban J connectivity index is 1.49. The molecule has 0 aliphatic rings. The average Bonchev–Trinajstić information content (AvgIpc) is 3.20. The first-order valence-corrected chi connectivity index (χ1v) is 12.5. The maximum absolute atomic E-state index is 13.0. The average molecular weight is 474 g/mol. The van der Waals surface area contributed by atoms with Crippen LogP contribution in [0, 0.1) is 20.8 Å². The number of benzene rings is 2. The minimum absolute atomic E-state index is 0.251. The van der Waals surface area contributed by atoms with Crippen molar-refractivity contribution in [1.82, 2.24) is 24.8 Å². The number of aryl methyl sites for hydroxylation is 3. The molecule has 0 atom stereocenters. The lowest BCUT2D eigenvalue weighted by Gasteiger charge is -2.20. The molecule has 0 spiro atoms. The summed E-state index contributed by atoms with van der Waals surface area (Å²) in [5.41, 5.74) is 3.29. The van der Waals surface area contributed by atoms with Crippen LogP contribution < -0.4 is 5.32 Å². The summed E-state index contributed by atoms with van der Waals surface area (Å²) in [6.45, 7) is 5.58. The topological polar surface area (TPSA) is 108 Å². The van der Waals surface area contributed by atoms with E-state index in [0.29, 0.717) is 34.4 Å². The van der Waals surface area contributed by atoms with Crippen LogP contribution in [0.15, 0.2) is 52.5 Å². The number of thioether (sulfide) groups is 1. The smallest absolute Gasteiger partial charge is 0.243 e.